The molecule has 104 valence electrons. The molecule has 0 aromatic heterocycles. The Labute approximate surface area is 117 Å². The van der Waals surface area contributed by atoms with E-state index in [2.05, 4.69) is 0 Å². The number of ether oxygens (including phenoxy) is 2. The van der Waals surface area contributed by atoms with Gasteiger partial charge in [0.2, 0.25) is 0 Å². The fourth-order valence-electron chi connectivity index (χ4n) is 2.53. The second-order valence-electron chi connectivity index (χ2n) is 4.81. The van der Waals surface area contributed by atoms with Crippen molar-refractivity contribution in [1.29, 1.82) is 0 Å². The highest BCUT2D eigenvalue weighted by atomic mass is 16.5. The van der Waals surface area contributed by atoms with Crippen LogP contribution in [-0.4, -0.2) is 23.9 Å². The van der Waals surface area contributed by atoms with Crippen molar-refractivity contribution < 1.29 is 19.7 Å². The second kappa shape index (κ2) is 5.06. The van der Waals surface area contributed by atoms with Gasteiger partial charge in [0.1, 0.15) is 11.9 Å². The van der Waals surface area contributed by atoms with Crippen LogP contribution in [0.1, 0.15) is 22.8 Å². The number of phenolic OH excluding ortho intramolecular Hbond substituents is 2. The van der Waals surface area contributed by atoms with E-state index < -0.39 is 0 Å². The van der Waals surface area contributed by atoms with Crippen LogP contribution in [0.25, 0.3) is 0 Å². The molecule has 2 N–H and O–H groups in total. The van der Waals surface area contributed by atoms with Gasteiger partial charge in [0.15, 0.2) is 11.5 Å². The molecule has 0 aliphatic carbocycles. The number of hydrogen-bond donors (Lipinski definition) is 2. The molecule has 0 fully saturated rings. The summed E-state index contributed by atoms with van der Waals surface area (Å²) in [5.41, 5.74) is 2.90. The van der Waals surface area contributed by atoms with Crippen molar-refractivity contribution in [3.05, 3.63) is 53.1 Å². The van der Waals surface area contributed by atoms with Crippen molar-refractivity contribution >= 4 is 0 Å². The molecular weight excluding hydrogens is 256 g/mol. The van der Waals surface area contributed by atoms with Gasteiger partial charge in [-0.15, -0.1) is 0 Å². The number of methoxy groups -OCH3 is 1. The minimum atomic E-state index is -0.226. The third kappa shape index (κ3) is 2.18. The molecule has 0 amide bonds. The van der Waals surface area contributed by atoms with Crippen molar-refractivity contribution in [1.82, 2.24) is 0 Å². The van der Waals surface area contributed by atoms with Gasteiger partial charge in [-0.3, -0.25) is 0 Å². The minimum absolute atomic E-state index is 0.0841. The molecule has 4 heteroatoms. The molecule has 1 aliphatic rings. The van der Waals surface area contributed by atoms with Gasteiger partial charge < -0.3 is 19.7 Å². The third-order valence-electron chi connectivity index (χ3n) is 3.59. The van der Waals surface area contributed by atoms with Gasteiger partial charge in [-0.2, -0.15) is 0 Å². The van der Waals surface area contributed by atoms with Gasteiger partial charge in [0, 0.05) is 0 Å². The Hall–Kier alpha value is -2.20. The summed E-state index contributed by atoms with van der Waals surface area (Å²) in [5.74, 6) is 0.588. The predicted molar refractivity (Wildman–Crippen MR) is 74.3 cm³/mol. The molecule has 4 nitrogen and oxygen atoms in total. The lowest BCUT2D eigenvalue weighted by Gasteiger charge is -2.27. The number of rotatable bonds is 2. The van der Waals surface area contributed by atoms with Crippen LogP contribution in [-0.2, 0) is 11.2 Å². The van der Waals surface area contributed by atoms with Crippen LogP contribution in [0.3, 0.4) is 0 Å². The van der Waals surface area contributed by atoms with E-state index >= 15 is 0 Å². The van der Waals surface area contributed by atoms with E-state index in [0.29, 0.717) is 6.61 Å². The van der Waals surface area contributed by atoms with Gasteiger partial charge in [-0.25, -0.2) is 0 Å². The first-order valence-electron chi connectivity index (χ1n) is 6.49. The van der Waals surface area contributed by atoms with E-state index in [0.717, 1.165) is 28.9 Å². The van der Waals surface area contributed by atoms with E-state index in [9.17, 15) is 10.2 Å². The van der Waals surface area contributed by atoms with Gasteiger partial charge in [0.05, 0.1) is 13.7 Å². The maximum Gasteiger partial charge on any atom is 0.157 e. The zero-order chi connectivity index (χ0) is 14.1. The highest BCUT2D eigenvalue weighted by Crippen LogP contribution is 2.38. The fourth-order valence-corrected chi connectivity index (χ4v) is 2.53. The lowest BCUT2D eigenvalue weighted by Crippen LogP contribution is -2.17. The average molecular weight is 272 g/mol. The Balaban J connectivity index is 2.02. The summed E-state index contributed by atoms with van der Waals surface area (Å²) in [4.78, 5) is 0. The zero-order valence-corrected chi connectivity index (χ0v) is 11.2. The summed E-state index contributed by atoms with van der Waals surface area (Å²) >= 11 is 0. The summed E-state index contributed by atoms with van der Waals surface area (Å²) in [6.45, 7) is 0.591. The summed E-state index contributed by atoms with van der Waals surface area (Å²) in [6, 6.07) is 10.9. The topological polar surface area (TPSA) is 58.9 Å². The average Bonchev–Trinajstić information content (AvgIpc) is 2.48. The SMILES string of the molecule is COc1ccc(C2OCCc3cc(O)c(O)cc32)cc1. The number of aromatic hydroxyl groups is 2. The van der Waals surface area contributed by atoms with Gasteiger partial charge in [-0.05, 0) is 47.4 Å². The normalized spacial score (nSPS) is 17.6. The van der Waals surface area contributed by atoms with Crippen LogP contribution in [0, 0.1) is 0 Å². The molecule has 1 atom stereocenters. The van der Waals surface area contributed by atoms with Crippen LogP contribution in [0.4, 0.5) is 0 Å². The van der Waals surface area contributed by atoms with Crippen LogP contribution < -0.4 is 4.74 Å². The van der Waals surface area contributed by atoms with E-state index in [-0.39, 0.29) is 17.6 Å². The van der Waals surface area contributed by atoms with Crippen LogP contribution >= 0.6 is 0 Å². The Morgan fingerprint density at radius 3 is 2.50 bits per heavy atom. The molecule has 0 bridgehead atoms. The molecule has 1 unspecified atom stereocenters. The maximum absolute atomic E-state index is 9.70. The molecule has 1 aliphatic heterocycles. The molecule has 0 saturated carbocycles. The minimum Gasteiger partial charge on any atom is -0.504 e. The van der Waals surface area contributed by atoms with Crippen molar-refractivity contribution in [2.75, 3.05) is 13.7 Å². The van der Waals surface area contributed by atoms with E-state index in [1.807, 2.05) is 24.3 Å². The summed E-state index contributed by atoms with van der Waals surface area (Å²) in [7, 11) is 1.63. The van der Waals surface area contributed by atoms with E-state index in [4.69, 9.17) is 9.47 Å². The lowest BCUT2D eigenvalue weighted by atomic mass is 9.92. The van der Waals surface area contributed by atoms with Crippen LogP contribution in [0.15, 0.2) is 36.4 Å². The van der Waals surface area contributed by atoms with Crippen molar-refractivity contribution in [2.45, 2.75) is 12.5 Å². The largest absolute Gasteiger partial charge is 0.504 e. The third-order valence-corrected chi connectivity index (χ3v) is 3.59. The molecule has 2 aromatic rings. The van der Waals surface area contributed by atoms with E-state index in [1.165, 1.54) is 0 Å². The first-order valence-corrected chi connectivity index (χ1v) is 6.49. The summed E-state index contributed by atoms with van der Waals surface area (Å²) in [5, 5.41) is 19.3. The fraction of sp³-hybridized carbons (Fsp3) is 0.250. The molecular formula is C16H16O4. The molecule has 0 spiro atoms. The molecule has 0 saturated heterocycles. The number of phenols is 2. The molecule has 2 aromatic carbocycles. The van der Waals surface area contributed by atoms with Gasteiger partial charge in [-0.1, -0.05) is 12.1 Å². The highest BCUT2D eigenvalue weighted by molar-refractivity contribution is 5.49. The Morgan fingerprint density at radius 1 is 1.10 bits per heavy atom. The summed E-state index contributed by atoms with van der Waals surface area (Å²) < 4.78 is 11.0. The van der Waals surface area contributed by atoms with Crippen molar-refractivity contribution in [2.24, 2.45) is 0 Å². The molecule has 20 heavy (non-hydrogen) atoms. The van der Waals surface area contributed by atoms with Crippen molar-refractivity contribution in [3.8, 4) is 17.2 Å². The molecule has 0 radical (unpaired) electrons. The predicted octanol–water partition coefficient (Wildman–Crippen LogP) is 2.77. The first kappa shape index (κ1) is 12.8. The number of hydrogen-bond acceptors (Lipinski definition) is 4. The Bertz CT molecular complexity index is 619. The van der Waals surface area contributed by atoms with Crippen LogP contribution in [0.2, 0.25) is 0 Å². The lowest BCUT2D eigenvalue weighted by molar-refractivity contribution is 0.0695. The Morgan fingerprint density at radius 2 is 1.80 bits per heavy atom. The smallest absolute Gasteiger partial charge is 0.157 e. The monoisotopic (exact) mass is 272 g/mol. The van der Waals surface area contributed by atoms with Crippen LogP contribution in [0.5, 0.6) is 17.2 Å². The first-order chi connectivity index (χ1) is 9.69. The second-order valence-corrected chi connectivity index (χ2v) is 4.81. The maximum atomic E-state index is 9.70. The number of fused-ring (bicyclic) bond motifs is 1. The van der Waals surface area contributed by atoms with Crippen molar-refractivity contribution in [3.63, 3.8) is 0 Å². The van der Waals surface area contributed by atoms with Gasteiger partial charge >= 0.3 is 0 Å². The quantitative estimate of drug-likeness (QED) is 0.825. The highest BCUT2D eigenvalue weighted by Gasteiger charge is 2.24. The standard InChI is InChI=1S/C16H16O4/c1-19-12-4-2-10(3-5-12)16-13-9-15(18)14(17)8-11(13)6-7-20-16/h2-5,8-9,16-18H,6-7H2,1H3. The van der Waals surface area contributed by atoms with Gasteiger partial charge in [0.25, 0.3) is 0 Å². The van der Waals surface area contributed by atoms with E-state index in [1.54, 1.807) is 19.2 Å². The Kier molecular flexibility index (Phi) is 3.24. The molecule has 3 rings (SSSR count). The molecule has 1 heterocycles. The summed E-state index contributed by atoms with van der Waals surface area (Å²) in [6.07, 6.45) is 0.506. The number of benzene rings is 2. The zero-order valence-electron chi connectivity index (χ0n) is 11.2.